The molecule has 2 atom stereocenters. The van der Waals surface area contributed by atoms with Gasteiger partial charge in [-0.3, -0.25) is 4.79 Å². The number of anilines is 1. The standard InChI is InChI=1S/C15H20N2O/c1-11-9-12-5-2-3-7-14(12)17(10-11)15(18)13-6-4-8-16-13/h2-3,5,7,11,13,16H,4,6,8-10H2,1H3/t11?,13-/m0/s1. The van der Waals surface area contributed by atoms with Crippen molar-refractivity contribution in [1.82, 2.24) is 5.32 Å². The van der Waals surface area contributed by atoms with Crippen molar-refractivity contribution >= 4 is 11.6 Å². The molecule has 1 N–H and O–H groups in total. The minimum atomic E-state index is 0.0309. The van der Waals surface area contributed by atoms with E-state index in [1.165, 1.54) is 5.56 Å². The summed E-state index contributed by atoms with van der Waals surface area (Å²) in [5.41, 5.74) is 2.43. The lowest BCUT2D eigenvalue weighted by Gasteiger charge is -2.34. The molecule has 0 bridgehead atoms. The molecule has 2 aliphatic rings. The lowest BCUT2D eigenvalue weighted by atomic mass is 9.93. The lowest BCUT2D eigenvalue weighted by molar-refractivity contribution is -0.120. The van der Waals surface area contributed by atoms with Crippen LogP contribution in [-0.2, 0) is 11.2 Å². The third-order valence-corrected chi connectivity index (χ3v) is 3.97. The predicted molar refractivity (Wildman–Crippen MR) is 72.7 cm³/mol. The summed E-state index contributed by atoms with van der Waals surface area (Å²) in [5.74, 6) is 0.803. The Labute approximate surface area is 108 Å². The van der Waals surface area contributed by atoms with E-state index in [4.69, 9.17) is 0 Å². The molecule has 18 heavy (non-hydrogen) atoms. The van der Waals surface area contributed by atoms with E-state index in [1.54, 1.807) is 0 Å². The molecule has 1 unspecified atom stereocenters. The summed E-state index contributed by atoms with van der Waals surface area (Å²) < 4.78 is 0. The van der Waals surface area contributed by atoms with Crippen molar-refractivity contribution in [2.75, 3.05) is 18.0 Å². The Morgan fingerprint density at radius 2 is 2.22 bits per heavy atom. The lowest BCUT2D eigenvalue weighted by Crippen LogP contribution is -2.47. The maximum absolute atomic E-state index is 12.6. The first-order chi connectivity index (χ1) is 8.75. The van der Waals surface area contributed by atoms with Gasteiger partial charge in [0.15, 0.2) is 0 Å². The fourth-order valence-electron chi connectivity index (χ4n) is 3.09. The van der Waals surface area contributed by atoms with Gasteiger partial charge in [-0.15, -0.1) is 0 Å². The number of fused-ring (bicyclic) bond motifs is 1. The third kappa shape index (κ3) is 2.03. The number of rotatable bonds is 1. The van der Waals surface area contributed by atoms with E-state index in [0.29, 0.717) is 5.92 Å². The molecule has 0 aromatic heterocycles. The highest BCUT2D eigenvalue weighted by Gasteiger charge is 2.31. The third-order valence-electron chi connectivity index (χ3n) is 3.97. The summed E-state index contributed by atoms with van der Waals surface area (Å²) in [6.07, 6.45) is 3.17. The average Bonchev–Trinajstić information content (AvgIpc) is 2.90. The zero-order chi connectivity index (χ0) is 12.5. The summed E-state index contributed by atoms with van der Waals surface area (Å²) in [5, 5.41) is 3.31. The molecule has 0 saturated carbocycles. The van der Waals surface area contributed by atoms with Crippen LogP contribution in [0, 0.1) is 5.92 Å². The van der Waals surface area contributed by atoms with Crippen LogP contribution in [0.1, 0.15) is 25.3 Å². The molecule has 0 aliphatic carbocycles. The van der Waals surface area contributed by atoms with Crippen LogP contribution in [0.4, 0.5) is 5.69 Å². The van der Waals surface area contributed by atoms with Crippen LogP contribution in [0.2, 0.25) is 0 Å². The van der Waals surface area contributed by atoms with Crippen LogP contribution >= 0.6 is 0 Å². The first-order valence-electron chi connectivity index (χ1n) is 6.88. The summed E-state index contributed by atoms with van der Waals surface area (Å²) in [7, 11) is 0. The van der Waals surface area contributed by atoms with Crippen molar-refractivity contribution in [3.05, 3.63) is 29.8 Å². The molecule has 1 fully saturated rings. The van der Waals surface area contributed by atoms with Crippen LogP contribution < -0.4 is 10.2 Å². The molecule has 2 aliphatic heterocycles. The Morgan fingerprint density at radius 1 is 1.39 bits per heavy atom. The van der Waals surface area contributed by atoms with E-state index in [2.05, 4.69) is 30.4 Å². The van der Waals surface area contributed by atoms with Gasteiger partial charge in [-0.05, 0) is 43.4 Å². The number of nitrogens with zero attached hydrogens (tertiary/aromatic N) is 1. The molecule has 3 nitrogen and oxygen atoms in total. The van der Waals surface area contributed by atoms with Crippen LogP contribution in [0.5, 0.6) is 0 Å². The molecule has 3 rings (SSSR count). The molecular weight excluding hydrogens is 224 g/mol. The zero-order valence-electron chi connectivity index (χ0n) is 10.9. The van der Waals surface area contributed by atoms with Crippen LogP contribution in [-0.4, -0.2) is 25.0 Å². The highest BCUT2D eigenvalue weighted by molar-refractivity contribution is 5.98. The van der Waals surface area contributed by atoms with Crippen LogP contribution in [0.3, 0.4) is 0 Å². The fourth-order valence-corrected chi connectivity index (χ4v) is 3.09. The number of amides is 1. The van der Waals surface area contributed by atoms with E-state index < -0.39 is 0 Å². The highest BCUT2D eigenvalue weighted by atomic mass is 16.2. The van der Waals surface area contributed by atoms with Crippen molar-refractivity contribution in [3.8, 4) is 0 Å². The van der Waals surface area contributed by atoms with E-state index in [0.717, 1.165) is 38.0 Å². The van der Waals surface area contributed by atoms with E-state index in [1.807, 2.05) is 11.0 Å². The summed E-state index contributed by atoms with van der Waals surface area (Å²) >= 11 is 0. The predicted octanol–water partition coefficient (Wildman–Crippen LogP) is 1.96. The number of carbonyl (C=O) groups excluding carboxylic acids is 1. The summed E-state index contributed by atoms with van der Waals surface area (Å²) in [4.78, 5) is 14.6. The smallest absolute Gasteiger partial charge is 0.244 e. The summed E-state index contributed by atoms with van der Waals surface area (Å²) in [6, 6.07) is 8.34. The highest BCUT2D eigenvalue weighted by Crippen LogP contribution is 2.30. The van der Waals surface area contributed by atoms with Gasteiger partial charge in [0.1, 0.15) is 0 Å². The van der Waals surface area contributed by atoms with E-state index >= 15 is 0 Å². The van der Waals surface area contributed by atoms with Crippen molar-refractivity contribution in [2.24, 2.45) is 5.92 Å². The minimum Gasteiger partial charge on any atom is -0.311 e. The number of benzene rings is 1. The van der Waals surface area contributed by atoms with Gasteiger partial charge < -0.3 is 10.2 Å². The topological polar surface area (TPSA) is 32.3 Å². The quantitative estimate of drug-likeness (QED) is 0.819. The van der Waals surface area contributed by atoms with E-state index in [9.17, 15) is 4.79 Å². The Balaban J connectivity index is 1.89. The minimum absolute atomic E-state index is 0.0309. The Bertz CT molecular complexity index is 452. The molecule has 1 aromatic carbocycles. The molecule has 1 saturated heterocycles. The van der Waals surface area contributed by atoms with Crippen LogP contribution in [0.15, 0.2) is 24.3 Å². The first-order valence-corrected chi connectivity index (χ1v) is 6.88. The molecule has 1 aromatic rings. The molecular formula is C15H20N2O. The van der Waals surface area contributed by atoms with Crippen molar-refractivity contribution in [3.63, 3.8) is 0 Å². The SMILES string of the molecule is CC1Cc2ccccc2N(C(=O)[C@@H]2CCCN2)C1. The van der Waals surface area contributed by atoms with Gasteiger partial charge in [-0.2, -0.15) is 0 Å². The monoisotopic (exact) mass is 244 g/mol. The van der Waals surface area contributed by atoms with Crippen molar-refractivity contribution in [2.45, 2.75) is 32.2 Å². The largest absolute Gasteiger partial charge is 0.311 e. The first kappa shape index (κ1) is 11.7. The van der Waals surface area contributed by atoms with Crippen molar-refractivity contribution < 1.29 is 4.79 Å². The van der Waals surface area contributed by atoms with Gasteiger partial charge >= 0.3 is 0 Å². The number of para-hydroxylation sites is 1. The normalized spacial score (nSPS) is 27.1. The maximum atomic E-state index is 12.6. The molecule has 96 valence electrons. The molecule has 3 heteroatoms. The van der Waals surface area contributed by atoms with Gasteiger partial charge in [0, 0.05) is 12.2 Å². The average molecular weight is 244 g/mol. The molecule has 2 heterocycles. The maximum Gasteiger partial charge on any atom is 0.244 e. The Kier molecular flexibility index (Phi) is 3.08. The zero-order valence-corrected chi connectivity index (χ0v) is 10.9. The number of hydrogen-bond acceptors (Lipinski definition) is 2. The second kappa shape index (κ2) is 4.73. The van der Waals surface area contributed by atoms with Gasteiger partial charge in [-0.1, -0.05) is 25.1 Å². The molecule has 0 radical (unpaired) electrons. The van der Waals surface area contributed by atoms with Gasteiger partial charge in [0.05, 0.1) is 6.04 Å². The molecule has 1 amide bonds. The Hall–Kier alpha value is -1.35. The number of hydrogen-bond donors (Lipinski definition) is 1. The van der Waals surface area contributed by atoms with Crippen LogP contribution in [0.25, 0.3) is 0 Å². The van der Waals surface area contributed by atoms with Gasteiger partial charge in [0.2, 0.25) is 5.91 Å². The fraction of sp³-hybridized carbons (Fsp3) is 0.533. The van der Waals surface area contributed by atoms with E-state index in [-0.39, 0.29) is 11.9 Å². The van der Waals surface area contributed by atoms with Crippen molar-refractivity contribution in [1.29, 1.82) is 0 Å². The summed E-state index contributed by atoms with van der Waals surface area (Å²) in [6.45, 7) is 4.05. The van der Waals surface area contributed by atoms with Gasteiger partial charge in [0.25, 0.3) is 0 Å². The Morgan fingerprint density at radius 3 is 3.00 bits per heavy atom. The van der Waals surface area contributed by atoms with Gasteiger partial charge in [-0.25, -0.2) is 0 Å². The molecule has 0 spiro atoms. The number of carbonyl (C=O) groups is 1. The number of nitrogens with one attached hydrogen (secondary N) is 1. The second-order valence-electron chi connectivity index (χ2n) is 5.54. The second-order valence-corrected chi connectivity index (χ2v) is 5.54.